The third kappa shape index (κ3) is 5.68. The molecular formula is C23H28N2O2. The van der Waals surface area contributed by atoms with E-state index in [0.717, 1.165) is 37.2 Å². The summed E-state index contributed by atoms with van der Waals surface area (Å²) in [7, 11) is 0. The minimum atomic E-state index is -0.346. The lowest BCUT2D eigenvalue weighted by Gasteiger charge is -2.28. The van der Waals surface area contributed by atoms with Crippen LogP contribution in [-0.4, -0.2) is 17.9 Å². The fourth-order valence-corrected chi connectivity index (χ4v) is 3.65. The number of nitrogens with one attached hydrogen (secondary N) is 2. The Hall–Kier alpha value is -2.62. The molecule has 4 nitrogen and oxygen atoms in total. The first kappa shape index (κ1) is 19.2. The Kier molecular flexibility index (Phi) is 6.64. The van der Waals surface area contributed by atoms with E-state index in [9.17, 15) is 9.59 Å². The number of carbonyl (C=O) groups excluding carboxylic acids is 2. The molecule has 2 N–H and O–H groups in total. The number of benzene rings is 2. The minimum Gasteiger partial charge on any atom is -0.353 e. The first-order chi connectivity index (χ1) is 13.1. The first-order valence-electron chi connectivity index (χ1n) is 9.82. The lowest BCUT2D eigenvalue weighted by Crippen LogP contribution is -2.40. The van der Waals surface area contributed by atoms with Crippen LogP contribution in [0.5, 0.6) is 0 Å². The van der Waals surface area contributed by atoms with Gasteiger partial charge < -0.3 is 10.6 Å². The molecule has 0 bridgehead atoms. The van der Waals surface area contributed by atoms with Crippen molar-refractivity contribution in [1.82, 2.24) is 10.6 Å². The Morgan fingerprint density at radius 1 is 0.926 bits per heavy atom. The number of hydrogen-bond donors (Lipinski definition) is 2. The molecule has 3 rings (SSSR count). The monoisotopic (exact) mass is 364 g/mol. The van der Waals surface area contributed by atoms with Gasteiger partial charge >= 0.3 is 0 Å². The van der Waals surface area contributed by atoms with Gasteiger partial charge in [-0.05, 0) is 49.3 Å². The van der Waals surface area contributed by atoms with Crippen LogP contribution in [0.4, 0.5) is 0 Å². The van der Waals surface area contributed by atoms with Gasteiger partial charge in [-0.3, -0.25) is 9.59 Å². The highest BCUT2D eigenvalue weighted by molar-refractivity contribution is 5.94. The van der Waals surface area contributed by atoms with E-state index < -0.39 is 0 Å². The standard InChI is InChI=1S/C23H28N2O2/c1-17-12-14-20(15-13-17)24-22(26)16-21(18-8-4-2-5-9-18)25-23(27)19-10-6-3-7-11-19/h2-11,17,20-21H,12-16H2,1H3,(H,24,26)(H,25,27). The van der Waals surface area contributed by atoms with Gasteiger partial charge in [-0.2, -0.15) is 0 Å². The number of carbonyl (C=O) groups is 2. The molecule has 0 radical (unpaired) electrons. The minimum absolute atomic E-state index is 0.00299. The Morgan fingerprint density at radius 2 is 1.52 bits per heavy atom. The van der Waals surface area contributed by atoms with Crippen LogP contribution in [0.3, 0.4) is 0 Å². The maximum atomic E-state index is 12.6. The van der Waals surface area contributed by atoms with Crippen molar-refractivity contribution in [3.05, 3.63) is 71.8 Å². The maximum absolute atomic E-state index is 12.6. The van der Waals surface area contributed by atoms with E-state index in [-0.39, 0.29) is 30.3 Å². The molecule has 1 atom stereocenters. The molecule has 0 aliphatic heterocycles. The van der Waals surface area contributed by atoms with Gasteiger partial charge in [-0.15, -0.1) is 0 Å². The summed E-state index contributed by atoms with van der Waals surface area (Å²) in [6.07, 6.45) is 4.66. The summed E-state index contributed by atoms with van der Waals surface area (Å²) in [4.78, 5) is 25.2. The second-order valence-electron chi connectivity index (χ2n) is 7.53. The molecule has 2 aromatic carbocycles. The van der Waals surface area contributed by atoms with E-state index in [4.69, 9.17) is 0 Å². The van der Waals surface area contributed by atoms with Crippen LogP contribution < -0.4 is 10.6 Å². The van der Waals surface area contributed by atoms with E-state index in [1.165, 1.54) is 0 Å². The fourth-order valence-electron chi connectivity index (χ4n) is 3.65. The quantitative estimate of drug-likeness (QED) is 0.805. The van der Waals surface area contributed by atoms with E-state index in [2.05, 4.69) is 17.6 Å². The Labute approximate surface area is 161 Å². The Bertz CT molecular complexity index is 737. The van der Waals surface area contributed by atoms with E-state index in [1.807, 2.05) is 48.5 Å². The van der Waals surface area contributed by atoms with Gasteiger partial charge in [0.15, 0.2) is 0 Å². The predicted octanol–water partition coefficient (Wildman–Crippen LogP) is 4.24. The van der Waals surface area contributed by atoms with Crippen molar-refractivity contribution in [2.45, 2.75) is 51.1 Å². The van der Waals surface area contributed by atoms with Gasteiger partial charge in [0.05, 0.1) is 12.5 Å². The topological polar surface area (TPSA) is 58.2 Å². The van der Waals surface area contributed by atoms with Crippen molar-refractivity contribution in [1.29, 1.82) is 0 Å². The van der Waals surface area contributed by atoms with Gasteiger partial charge in [0, 0.05) is 11.6 Å². The van der Waals surface area contributed by atoms with E-state index in [1.54, 1.807) is 12.1 Å². The molecule has 1 aliphatic rings. The third-order valence-electron chi connectivity index (χ3n) is 5.31. The van der Waals surface area contributed by atoms with Crippen LogP contribution in [-0.2, 0) is 4.79 Å². The average molecular weight is 364 g/mol. The molecule has 0 saturated heterocycles. The van der Waals surface area contributed by atoms with Crippen LogP contribution in [0.2, 0.25) is 0 Å². The van der Waals surface area contributed by atoms with Gasteiger partial charge in [0.1, 0.15) is 0 Å². The molecule has 0 heterocycles. The number of rotatable bonds is 6. The van der Waals surface area contributed by atoms with Gasteiger partial charge in [-0.1, -0.05) is 55.5 Å². The Balaban J connectivity index is 1.65. The molecule has 0 spiro atoms. The van der Waals surface area contributed by atoms with Crippen molar-refractivity contribution >= 4 is 11.8 Å². The second-order valence-corrected chi connectivity index (χ2v) is 7.53. The molecular weight excluding hydrogens is 336 g/mol. The lowest BCUT2D eigenvalue weighted by molar-refractivity contribution is -0.122. The van der Waals surface area contributed by atoms with E-state index >= 15 is 0 Å². The highest BCUT2D eigenvalue weighted by atomic mass is 16.2. The van der Waals surface area contributed by atoms with Crippen molar-refractivity contribution in [3.8, 4) is 0 Å². The van der Waals surface area contributed by atoms with Crippen LogP contribution in [0, 0.1) is 5.92 Å². The average Bonchev–Trinajstić information content (AvgIpc) is 2.70. The van der Waals surface area contributed by atoms with E-state index in [0.29, 0.717) is 5.56 Å². The first-order valence-corrected chi connectivity index (χ1v) is 9.82. The molecule has 1 unspecified atom stereocenters. The zero-order valence-corrected chi connectivity index (χ0v) is 15.9. The molecule has 1 fully saturated rings. The summed E-state index contributed by atoms with van der Waals surface area (Å²) in [6.45, 7) is 2.27. The lowest BCUT2D eigenvalue weighted by atomic mass is 9.87. The largest absolute Gasteiger partial charge is 0.353 e. The van der Waals surface area contributed by atoms with Gasteiger partial charge in [-0.25, -0.2) is 0 Å². The fraction of sp³-hybridized carbons (Fsp3) is 0.391. The van der Waals surface area contributed by atoms with Gasteiger partial charge in [0.2, 0.25) is 5.91 Å². The summed E-state index contributed by atoms with van der Waals surface area (Å²) >= 11 is 0. The van der Waals surface area contributed by atoms with Crippen molar-refractivity contribution in [3.63, 3.8) is 0 Å². The molecule has 1 aliphatic carbocycles. The molecule has 4 heteroatoms. The number of hydrogen-bond acceptors (Lipinski definition) is 2. The summed E-state index contributed by atoms with van der Waals surface area (Å²) in [5, 5.41) is 6.19. The number of amides is 2. The molecule has 142 valence electrons. The molecule has 27 heavy (non-hydrogen) atoms. The molecule has 2 amide bonds. The van der Waals surface area contributed by atoms with Gasteiger partial charge in [0.25, 0.3) is 5.91 Å². The summed E-state index contributed by atoms with van der Waals surface area (Å²) in [5.74, 6) is 0.584. The van der Waals surface area contributed by atoms with Crippen molar-refractivity contribution in [2.24, 2.45) is 5.92 Å². The summed E-state index contributed by atoms with van der Waals surface area (Å²) in [5.41, 5.74) is 1.54. The summed E-state index contributed by atoms with van der Waals surface area (Å²) in [6, 6.07) is 18.7. The highest BCUT2D eigenvalue weighted by Crippen LogP contribution is 2.24. The SMILES string of the molecule is CC1CCC(NC(=O)CC(NC(=O)c2ccccc2)c2ccccc2)CC1. The van der Waals surface area contributed by atoms with Crippen molar-refractivity contribution in [2.75, 3.05) is 0 Å². The predicted molar refractivity (Wildman–Crippen MR) is 107 cm³/mol. The van der Waals surface area contributed by atoms with Crippen LogP contribution in [0.25, 0.3) is 0 Å². The van der Waals surface area contributed by atoms with Crippen LogP contribution >= 0.6 is 0 Å². The van der Waals surface area contributed by atoms with Crippen LogP contribution in [0.1, 0.15) is 61.0 Å². The smallest absolute Gasteiger partial charge is 0.251 e. The zero-order chi connectivity index (χ0) is 19.1. The van der Waals surface area contributed by atoms with Crippen molar-refractivity contribution < 1.29 is 9.59 Å². The molecule has 2 aromatic rings. The second kappa shape index (κ2) is 9.36. The normalized spacial score (nSPS) is 20.5. The molecule has 0 aromatic heterocycles. The maximum Gasteiger partial charge on any atom is 0.251 e. The highest BCUT2D eigenvalue weighted by Gasteiger charge is 2.23. The summed E-state index contributed by atoms with van der Waals surface area (Å²) < 4.78 is 0. The zero-order valence-electron chi connectivity index (χ0n) is 15.9. The molecule has 1 saturated carbocycles. The third-order valence-corrected chi connectivity index (χ3v) is 5.31. The Morgan fingerprint density at radius 3 is 2.15 bits per heavy atom. The van der Waals surface area contributed by atoms with Crippen LogP contribution in [0.15, 0.2) is 60.7 Å².